The molecule has 0 aliphatic rings. The number of hydrogen-bond donors (Lipinski definition) is 1. The quantitative estimate of drug-likeness (QED) is 0.473. The molecule has 0 unspecified atom stereocenters. The predicted octanol–water partition coefficient (Wildman–Crippen LogP) is -0.862. The van der Waals surface area contributed by atoms with Gasteiger partial charge in [-0.2, -0.15) is 0 Å². The van der Waals surface area contributed by atoms with E-state index in [9.17, 15) is 9.00 Å². The maximum Gasteiger partial charge on any atom is 0.259 e. The van der Waals surface area contributed by atoms with Crippen molar-refractivity contribution in [3.63, 3.8) is 0 Å². The highest BCUT2D eigenvalue weighted by molar-refractivity contribution is 7.68. The van der Waals surface area contributed by atoms with Gasteiger partial charge in [0.05, 0.1) is 11.3 Å². The summed E-state index contributed by atoms with van der Waals surface area (Å²) in [7, 11) is 1.49. The highest BCUT2D eigenvalue weighted by Gasteiger charge is 1.98. The van der Waals surface area contributed by atoms with Crippen LogP contribution in [-0.4, -0.2) is 22.0 Å². The Morgan fingerprint density at radius 1 is 1.62 bits per heavy atom. The van der Waals surface area contributed by atoms with E-state index in [1.807, 2.05) is 0 Å². The molecule has 0 aromatic carbocycles. The van der Waals surface area contributed by atoms with Crippen molar-refractivity contribution in [1.82, 2.24) is 5.32 Å². The minimum absolute atomic E-state index is 0.212. The molecule has 0 atom stereocenters. The average Bonchev–Trinajstić information content (AvgIpc) is 1.84. The molecule has 0 rings (SSSR count). The van der Waals surface area contributed by atoms with Crippen molar-refractivity contribution in [3.05, 3.63) is 0 Å². The third-order valence-electron chi connectivity index (χ3n) is 0.672. The molecule has 1 N–H and O–H groups in total. The van der Waals surface area contributed by atoms with Gasteiger partial charge in [0.1, 0.15) is 4.86 Å². The Bertz CT molecular complexity index is 148. The molecule has 0 saturated heterocycles. The lowest BCUT2D eigenvalue weighted by Gasteiger charge is -1.89. The van der Waals surface area contributed by atoms with Crippen LogP contribution in [0.25, 0.3) is 0 Å². The van der Waals surface area contributed by atoms with E-state index in [1.165, 1.54) is 14.0 Å². The highest BCUT2D eigenvalue weighted by atomic mass is 32.1. The Morgan fingerprint density at radius 2 is 2.12 bits per heavy atom. The normalized spacial score (nSPS) is 7.75. The van der Waals surface area contributed by atoms with E-state index in [0.29, 0.717) is 0 Å². The van der Waals surface area contributed by atoms with Gasteiger partial charge in [0.25, 0.3) is 5.91 Å². The molecule has 0 aromatic heterocycles. The Morgan fingerprint density at radius 3 is 2.25 bits per heavy atom. The van der Waals surface area contributed by atoms with Crippen molar-refractivity contribution in [2.45, 2.75) is 6.92 Å². The number of nitrogens with one attached hydrogen (secondary N) is 1. The van der Waals surface area contributed by atoms with E-state index >= 15 is 0 Å². The topological polar surface area (TPSA) is 46.2 Å². The Hall–Kier alpha value is -0.640. The number of rotatable bonds is 1. The van der Waals surface area contributed by atoms with Gasteiger partial charge in [-0.15, -0.1) is 0 Å². The molecule has 46 valence electrons. The van der Waals surface area contributed by atoms with Gasteiger partial charge in [0.2, 0.25) is 0 Å². The van der Waals surface area contributed by atoms with E-state index in [1.54, 1.807) is 0 Å². The second-order valence-corrected chi connectivity index (χ2v) is 2.00. The van der Waals surface area contributed by atoms with Gasteiger partial charge in [0.15, 0.2) is 0 Å². The van der Waals surface area contributed by atoms with Gasteiger partial charge < -0.3 is 5.32 Å². The lowest BCUT2D eigenvalue weighted by atomic mass is 10.5. The van der Waals surface area contributed by atoms with Crippen LogP contribution in [0.5, 0.6) is 0 Å². The summed E-state index contributed by atoms with van der Waals surface area (Å²) in [5.74, 6) is -0.301. The number of hydrogen-bond acceptors (Lipinski definition) is 2. The first-order valence-corrected chi connectivity index (χ1v) is 2.82. The SMILES string of the molecule is CNC(=O)C(C)=S=O. The van der Waals surface area contributed by atoms with Crippen LogP contribution in [0.4, 0.5) is 0 Å². The predicted molar refractivity (Wildman–Crippen MR) is 32.9 cm³/mol. The molecule has 0 saturated carbocycles. The summed E-state index contributed by atoms with van der Waals surface area (Å²) in [5, 5.41) is 2.32. The van der Waals surface area contributed by atoms with Crippen molar-refractivity contribution in [1.29, 1.82) is 0 Å². The van der Waals surface area contributed by atoms with Crippen molar-refractivity contribution in [2.24, 2.45) is 0 Å². The molecule has 0 bridgehead atoms. The highest BCUT2D eigenvalue weighted by Crippen LogP contribution is 1.65. The minimum Gasteiger partial charge on any atom is -0.355 e. The Kier molecular flexibility index (Phi) is 3.10. The molecule has 0 radical (unpaired) electrons. The zero-order valence-corrected chi connectivity index (χ0v) is 5.54. The number of carbonyl (C=O) groups is 1. The standard InChI is InChI=1S/C4H7NO2S/c1-3(8-7)4(6)5-2/h1-2H3,(H,5,6). The van der Waals surface area contributed by atoms with Gasteiger partial charge in [0, 0.05) is 7.05 Å². The first kappa shape index (κ1) is 7.36. The Balaban J connectivity index is 4.04. The summed E-state index contributed by atoms with van der Waals surface area (Å²) in [6.07, 6.45) is 0. The van der Waals surface area contributed by atoms with Crippen molar-refractivity contribution in [2.75, 3.05) is 7.05 Å². The summed E-state index contributed by atoms with van der Waals surface area (Å²) < 4.78 is 9.85. The largest absolute Gasteiger partial charge is 0.355 e. The molecule has 8 heavy (non-hydrogen) atoms. The van der Waals surface area contributed by atoms with Crippen molar-refractivity contribution < 1.29 is 9.00 Å². The molecule has 0 heterocycles. The van der Waals surface area contributed by atoms with Crippen LogP contribution >= 0.6 is 0 Å². The van der Waals surface area contributed by atoms with E-state index in [-0.39, 0.29) is 22.0 Å². The van der Waals surface area contributed by atoms with Crippen LogP contribution < -0.4 is 5.32 Å². The van der Waals surface area contributed by atoms with E-state index in [4.69, 9.17) is 0 Å². The fourth-order valence-electron chi connectivity index (χ4n) is 0.214. The van der Waals surface area contributed by atoms with Crippen LogP contribution in [0, 0.1) is 0 Å². The number of carbonyl (C=O) groups excluding carboxylic acids is 1. The van der Waals surface area contributed by atoms with Crippen LogP contribution in [0.15, 0.2) is 0 Å². The molecule has 1 amide bonds. The zero-order chi connectivity index (χ0) is 6.57. The van der Waals surface area contributed by atoms with E-state index < -0.39 is 0 Å². The van der Waals surface area contributed by atoms with Crippen molar-refractivity contribution in [3.8, 4) is 0 Å². The smallest absolute Gasteiger partial charge is 0.259 e. The lowest BCUT2D eigenvalue weighted by Crippen LogP contribution is -2.24. The summed E-state index contributed by atoms with van der Waals surface area (Å²) in [6, 6.07) is 0. The van der Waals surface area contributed by atoms with Gasteiger partial charge in [-0.1, -0.05) is 0 Å². The first-order chi connectivity index (χ1) is 3.72. The summed E-state index contributed by atoms with van der Waals surface area (Å²) in [5.41, 5.74) is 0. The average molecular weight is 133 g/mol. The van der Waals surface area contributed by atoms with Crippen LogP contribution in [0.2, 0.25) is 0 Å². The molecular formula is C4H7NO2S. The lowest BCUT2D eigenvalue weighted by molar-refractivity contribution is -0.114. The van der Waals surface area contributed by atoms with Crippen molar-refractivity contribution >= 4 is 22.0 Å². The summed E-state index contributed by atoms with van der Waals surface area (Å²) >= 11 is 0.212. The fraction of sp³-hybridized carbons (Fsp3) is 0.500. The zero-order valence-electron chi connectivity index (χ0n) is 4.72. The van der Waals surface area contributed by atoms with E-state index in [2.05, 4.69) is 5.32 Å². The molecule has 0 aromatic rings. The monoisotopic (exact) mass is 133 g/mol. The van der Waals surface area contributed by atoms with Gasteiger partial charge in [-0.25, -0.2) is 4.21 Å². The third kappa shape index (κ3) is 1.88. The van der Waals surface area contributed by atoms with Crippen LogP contribution in [0.3, 0.4) is 0 Å². The molecule has 0 fully saturated rings. The van der Waals surface area contributed by atoms with Gasteiger partial charge in [-0.05, 0) is 6.92 Å². The summed E-state index contributed by atoms with van der Waals surface area (Å²) in [4.78, 5) is 10.6. The first-order valence-electron chi connectivity index (χ1n) is 2.07. The molecule has 4 heteroatoms. The van der Waals surface area contributed by atoms with Gasteiger partial charge >= 0.3 is 0 Å². The molecule has 0 aliphatic heterocycles. The van der Waals surface area contributed by atoms with Gasteiger partial charge in [-0.3, -0.25) is 4.79 Å². The second-order valence-electron chi connectivity index (χ2n) is 1.22. The fourth-order valence-corrected chi connectivity index (χ4v) is 0.392. The third-order valence-corrected chi connectivity index (χ3v) is 1.11. The van der Waals surface area contributed by atoms with Crippen LogP contribution in [-0.2, 0) is 16.1 Å². The molecule has 0 aliphatic carbocycles. The maximum absolute atomic E-state index is 10.4. The molecular weight excluding hydrogens is 126 g/mol. The number of amides is 1. The Labute approximate surface area is 51.2 Å². The van der Waals surface area contributed by atoms with Crippen LogP contribution in [0.1, 0.15) is 6.92 Å². The minimum atomic E-state index is -0.301. The second kappa shape index (κ2) is 3.37. The maximum atomic E-state index is 10.4. The van der Waals surface area contributed by atoms with E-state index in [0.717, 1.165) is 0 Å². The molecule has 3 nitrogen and oxygen atoms in total. The summed E-state index contributed by atoms with van der Waals surface area (Å²) in [6.45, 7) is 1.48. The molecule has 0 spiro atoms.